The van der Waals surface area contributed by atoms with Crippen molar-refractivity contribution in [3.63, 3.8) is 0 Å². The lowest BCUT2D eigenvalue weighted by Crippen LogP contribution is -2.46. The van der Waals surface area contributed by atoms with E-state index in [0.717, 1.165) is 25.9 Å². The number of rotatable bonds is 6. The van der Waals surface area contributed by atoms with Crippen LogP contribution in [0.1, 0.15) is 19.8 Å². The molecule has 1 fully saturated rings. The highest BCUT2D eigenvalue weighted by Crippen LogP contribution is 2.31. The Morgan fingerprint density at radius 1 is 1.65 bits per heavy atom. The van der Waals surface area contributed by atoms with E-state index in [0.29, 0.717) is 6.54 Å². The predicted octanol–water partition coefficient (Wildman–Crippen LogP) is -0.158. The van der Waals surface area contributed by atoms with Crippen LogP contribution in [0.2, 0.25) is 0 Å². The Morgan fingerprint density at radius 3 is 2.82 bits per heavy atom. The summed E-state index contributed by atoms with van der Waals surface area (Å²) >= 11 is 0. The lowest BCUT2D eigenvalue weighted by Gasteiger charge is -2.31. The Kier molecular flexibility index (Phi) is 5.36. The molecule has 0 bridgehead atoms. The van der Waals surface area contributed by atoms with Crippen LogP contribution in [0.15, 0.2) is 0 Å². The van der Waals surface area contributed by atoms with Crippen molar-refractivity contribution in [2.75, 3.05) is 40.4 Å². The van der Waals surface area contributed by atoms with E-state index in [4.69, 9.17) is 4.74 Å². The summed E-state index contributed by atoms with van der Waals surface area (Å²) in [4.78, 5) is 14.0. The highest BCUT2D eigenvalue weighted by molar-refractivity contribution is 5.83. The van der Waals surface area contributed by atoms with Gasteiger partial charge in [-0.1, -0.05) is 6.92 Å². The van der Waals surface area contributed by atoms with Gasteiger partial charge in [0.1, 0.15) is 0 Å². The molecule has 0 aliphatic carbocycles. The van der Waals surface area contributed by atoms with Crippen molar-refractivity contribution in [2.45, 2.75) is 25.9 Å². The topological polar surface area (TPSA) is 61.8 Å². The largest absolute Gasteiger partial charge is 0.389 e. The molecule has 5 nitrogen and oxygen atoms in total. The molecule has 17 heavy (non-hydrogen) atoms. The van der Waals surface area contributed by atoms with Gasteiger partial charge < -0.3 is 20.1 Å². The van der Waals surface area contributed by atoms with Gasteiger partial charge in [-0.2, -0.15) is 0 Å². The number of nitrogens with one attached hydrogen (secondary N) is 1. The third kappa shape index (κ3) is 3.40. The minimum Gasteiger partial charge on any atom is -0.389 e. The highest BCUT2D eigenvalue weighted by atomic mass is 16.5. The maximum absolute atomic E-state index is 12.4. The fourth-order valence-corrected chi connectivity index (χ4v) is 2.43. The van der Waals surface area contributed by atoms with E-state index in [-0.39, 0.29) is 17.9 Å². The summed E-state index contributed by atoms with van der Waals surface area (Å²) in [6, 6.07) is 0. The molecular formula is C12H24N2O3. The standard InChI is InChI=1S/C12H24N2O3/c1-4-12(5-6-13-9-12)11(16)14(2)7-10(15)8-17-3/h10,13,15H,4-9H2,1-3H3. The zero-order valence-corrected chi connectivity index (χ0v) is 11.0. The summed E-state index contributed by atoms with van der Waals surface area (Å²) in [6.07, 6.45) is 1.11. The van der Waals surface area contributed by atoms with Crippen molar-refractivity contribution in [2.24, 2.45) is 5.41 Å². The first-order chi connectivity index (χ1) is 8.05. The normalized spacial score (nSPS) is 25.9. The molecule has 0 aromatic rings. The van der Waals surface area contributed by atoms with Crippen molar-refractivity contribution < 1.29 is 14.6 Å². The minimum absolute atomic E-state index is 0.125. The Balaban J connectivity index is 2.55. The molecule has 1 saturated heterocycles. The Bertz CT molecular complexity index is 252. The van der Waals surface area contributed by atoms with Gasteiger partial charge in [-0.3, -0.25) is 4.79 Å². The number of carbonyl (C=O) groups excluding carboxylic acids is 1. The maximum atomic E-state index is 12.4. The molecule has 0 spiro atoms. The van der Waals surface area contributed by atoms with E-state index in [9.17, 15) is 9.90 Å². The molecule has 0 aromatic carbocycles. The van der Waals surface area contributed by atoms with Gasteiger partial charge in [-0.05, 0) is 19.4 Å². The van der Waals surface area contributed by atoms with Gasteiger partial charge >= 0.3 is 0 Å². The number of aliphatic hydroxyl groups is 1. The number of nitrogens with zero attached hydrogens (tertiary/aromatic N) is 1. The molecule has 1 aliphatic rings. The van der Waals surface area contributed by atoms with Crippen LogP contribution in [-0.2, 0) is 9.53 Å². The molecule has 1 aliphatic heterocycles. The summed E-state index contributed by atoms with van der Waals surface area (Å²) in [5, 5.41) is 12.9. The van der Waals surface area contributed by atoms with E-state index in [2.05, 4.69) is 5.32 Å². The monoisotopic (exact) mass is 244 g/mol. The summed E-state index contributed by atoms with van der Waals surface area (Å²) in [6.45, 7) is 4.27. The van der Waals surface area contributed by atoms with Crippen LogP contribution in [0.3, 0.4) is 0 Å². The summed E-state index contributed by atoms with van der Waals surface area (Å²) in [7, 11) is 3.29. The van der Waals surface area contributed by atoms with Crippen molar-refractivity contribution >= 4 is 5.91 Å². The Hall–Kier alpha value is -0.650. The molecule has 1 rings (SSSR count). The van der Waals surface area contributed by atoms with Gasteiger partial charge in [0.05, 0.1) is 18.1 Å². The van der Waals surface area contributed by atoms with Gasteiger partial charge in [0.15, 0.2) is 0 Å². The van der Waals surface area contributed by atoms with Crippen LogP contribution in [-0.4, -0.2) is 62.4 Å². The Labute approximate surface area is 103 Å². The van der Waals surface area contributed by atoms with Crippen LogP contribution >= 0.6 is 0 Å². The minimum atomic E-state index is -0.614. The first-order valence-corrected chi connectivity index (χ1v) is 6.19. The molecular weight excluding hydrogens is 220 g/mol. The zero-order valence-electron chi connectivity index (χ0n) is 11.0. The van der Waals surface area contributed by atoms with Crippen molar-refractivity contribution in [1.82, 2.24) is 10.2 Å². The van der Waals surface area contributed by atoms with Crippen LogP contribution in [0.5, 0.6) is 0 Å². The highest BCUT2D eigenvalue weighted by Gasteiger charge is 2.41. The number of aliphatic hydroxyl groups excluding tert-OH is 1. The molecule has 0 aromatic heterocycles. The van der Waals surface area contributed by atoms with Gasteiger partial charge in [-0.15, -0.1) is 0 Å². The van der Waals surface area contributed by atoms with Crippen LogP contribution in [0.25, 0.3) is 0 Å². The van der Waals surface area contributed by atoms with Gasteiger partial charge in [-0.25, -0.2) is 0 Å². The second-order valence-corrected chi connectivity index (χ2v) is 4.86. The number of likely N-dealkylation sites (N-methyl/N-ethyl adjacent to an activating group) is 1. The number of amides is 1. The summed E-state index contributed by atoms with van der Waals surface area (Å²) < 4.78 is 4.86. The third-order valence-corrected chi connectivity index (χ3v) is 3.56. The quantitative estimate of drug-likeness (QED) is 0.682. The lowest BCUT2D eigenvalue weighted by molar-refractivity contribution is -0.141. The molecule has 2 unspecified atom stereocenters. The summed E-state index contributed by atoms with van der Waals surface area (Å²) in [5.41, 5.74) is -0.276. The first kappa shape index (κ1) is 14.4. The van der Waals surface area contributed by atoms with Crippen LogP contribution in [0.4, 0.5) is 0 Å². The van der Waals surface area contributed by atoms with Crippen LogP contribution in [0, 0.1) is 5.41 Å². The molecule has 1 heterocycles. The maximum Gasteiger partial charge on any atom is 0.229 e. The fourth-order valence-electron chi connectivity index (χ4n) is 2.43. The number of hydrogen-bond acceptors (Lipinski definition) is 4. The number of hydrogen-bond donors (Lipinski definition) is 2. The van der Waals surface area contributed by atoms with Crippen molar-refractivity contribution in [3.05, 3.63) is 0 Å². The van der Waals surface area contributed by atoms with Crippen LogP contribution < -0.4 is 5.32 Å². The summed E-state index contributed by atoms with van der Waals surface area (Å²) in [5.74, 6) is 0.125. The van der Waals surface area contributed by atoms with E-state index in [1.54, 1.807) is 19.1 Å². The average Bonchev–Trinajstić information content (AvgIpc) is 2.78. The average molecular weight is 244 g/mol. The van der Waals surface area contributed by atoms with Gasteiger partial charge in [0.25, 0.3) is 0 Å². The molecule has 5 heteroatoms. The number of carbonyl (C=O) groups is 1. The zero-order chi connectivity index (χ0) is 12.9. The molecule has 0 radical (unpaired) electrons. The fraction of sp³-hybridized carbons (Fsp3) is 0.917. The second kappa shape index (κ2) is 6.33. The third-order valence-electron chi connectivity index (χ3n) is 3.56. The predicted molar refractivity (Wildman–Crippen MR) is 65.7 cm³/mol. The Morgan fingerprint density at radius 2 is 2.35 bits per heavy atom. The first-order valence-electron chi connectivity index (χ1n) is 6.19. The van der Waals surface area contributed by atoms with E-state index < -0.39 is 6.10 Å². The number of methoxy groups -OCH3 is 1. The smallest absolute Gasteiger partial charge is 0.229 e. The van der Waals surface area contributed by atoms with Crippen molar-refractivity contribution in [3.8, 4) is 0 Å². The number of ether oxygens (including phenoxy) is 1. The van der Waals surface area contributed by atoms with E-state index in [1.807, 2.05) is 6.92 Å². The molecule has 100 valence electrons. The molecule has 1 amide bonds. The second-order valence-electron chi connectivity index (χ2n) is 4.86. The molecule has 2 atom stereocenters. The molecule has 0 saturated carbocycles. The van der Waals surface area contributed by atoms with E-state index >= 15 is 0 Å². The molecule has 2 N–H and O–H groups in total. The SMILES string of the molecule is CCC1(C(=O)N(C)CC(O)COC)CCNC1. The van der Waals surface area contributed by atoms with Gasteiger partial charge in [0.2, 0.25) is 5.91 Å². The lowest BCUT2D eigenvalue weighted by atomic mass is 9.83. The van der Waals surface area contributed by atoms with Crippen molar-refractivity contribution in [1.29, 1.82) is 0 Å². The van der Waals surface area contributed by atoms with E-state index in [1.165, 1.54) is 0 Å². The van der Waals surface area contributed by atoms with Gasteiger partial charge in [0, 0.05) is 27.2 Å².